The fraction of sp³-hybridized carbons (Fsp3) is 0.889. The van der Waals surface area contributed by atoms with E-state index in [2.05, 4.69) is 4.74 Å². The third-order valence-electron chi connectivity index (χ3n) is 2.54. The summed E-state index contributed by atoms with van der Waals surface area (Å²) in [4.78, 5) is 11.3. The van der Waals surface area contributed by atoms with Crippen LogP contribution in [0.1, 0.15) is 27.2 Å². The molecule has 13 heavy (non-hydrogen) atoms. The van der Waals surface area contributed by atoms with Crippen molar-refractivity contribution in [3.05, 3.63) is 0 Å². The zero-order valence-electron chi connectivity index (χ0n) is 8.88. The van der Waals surface area contributed by atoms with E-state index in [0.717, 1.165) is 0 Å². The summed E-state index contributed by atoms with van der Waals surface area (Å²) in [5.74, 6) is -0.665. The smallest absolute Gasteiger partial charge is 0.340 e. The summed E-state index contributed by atoms with van der Waals surface area (Å²) in [5.41, 5.74) is -2.54. The molecule has 4 heteroatoms. The molecule has 0 spiro atoms. The van der Waals surface area contributed by atoms with Crippen molar-refractivity contribution in [2.75, 3.05) is 14.2 Å². The van der Waals surface area contributed by atoms with Crippen molar-refractivity contribution in [1.82, 2.24) is 0 Å². The van der Waals surface area contributed by atoms with E-state index >= 15 is 0 Å². The summed E-state index contributed by atoms with van der Waals surface area (Å²) in [6.45, 7) is 5.00. The van der Waals surface area contributed by atoms with Crippen molar-refractivity contribution in [1.29, 1.82) is 0 Å². The number of carbonyl (C=O) groups is 1. The van der Waals surface area contributed by atoms with Crippen molar-refractivity contribution in [2.45, 2.75) is 38.4 Å². The number of esters is 1. The van der Waals surface area contributed by atoms with Gasteiger partial charge in [-0.3, -0.25) is 0 Å². The number of ether oxygens (including phenoxy) is 2. The van der Waals surface area contributed by atoms with Gasteiger partial charge >= 0.3 is 5.97 Å². The summed E-state index contributed by atoms with van der Waals surface area (Å²) in [5, 5.41) is 10.0. The second-order valence-electron chi connectivity index (χ2n) is 3.42. The Morgan fingerprint density at radius 1 is 1.38 bits per heavy atom. The zero-order valence-corrected chi connectivity index (χ0v) is 8.88. The molecule has 0 saturated carbocycles. The Balaban J connectivity index is 4.93. The predicted octanol–water partition coefficient (Wildman–Crippen LogP) is 0.725. The first kappa shape index (κ1) is 12.4. The molecule has 0 aliphatic carbocycles. The summed E-state index contributed by atoms with van der Waals surface area (Å²) >= 11 is 0. The van der Waals surface area contributed by atoms with Gasteiger partial charge in [-0.15, -0.1) is 0 Å². The fourth-order valence-electron chi connectivity index (χ4n) is 1.15. The first-order chi connectivity index (χ1) is 5.85. The first-order valence-electron chi connectivity index (χ1n) is 4.21. The van der Waals surface area contributed by atoms with Gasteiger partial charge in [-0.1, -0.05) is 6.92 Å². The van der Waals surface area contributed by atoms with Gasteiger partial charge in [0, 0.05) is 7.11 Å². The van der Waals surface area contributed by atoms with E-state index in [1.807, 2.05) is 0 Å². The minimum atomic E-state index is -1.59. The van der Waals surface area contributed by atoms with Gasteiger partial charge in [0.2, 0.25) is 0 Å². The van der Waals surface area contributed by atoms with E-state index in [-0.39, 0.29) is 6.42 Å². The van der Waals surface area contributed by atoms with Crippen LogP contribution in [0, 0.1) is 0 Å². The van der Waals surface area contributed by atoms with Crippen LogP contribution in [0.25, 0.3) is 0 Å². The molecule has 1 N–H and O–H groups in total. The summed E-state index contributed by atoms with van der Waals surface area (Å²) in [6.07, 6.45) is 0.251. The lowest BCUT2D eigenvalue weighted by Gasteiger charge is -2.38. The Bertz CT molecular complexity index is 188. The molecule has 0 fully saturated rings. The van der Waals surface area contributed by atoms with Gasteiger partial charge in [-0.25, -0.2) is 4.79 Å². The molecule has 1 atom stereocenters. The third-order valence-corrected chi connectivity index (χ3v) is 2.54. The summed E-state index contributed by atoms with van der Waals surface area (Å²) in [6, 6.07) is 0. The molecule has 0 rings (SSSR count). The van der Waals surface area contributed by atoms with Gasteiger partial charge in [0.15, 0.2) is 5.60 Å². The molecule has 0 radical (unpaired) electrons. The maximum absolute atomic E-state index is 11.3. The van der Waals surface area contributed by atoms with Crippen LogP contribution in [0.15, 0.2) is 0 Å². The molecular weight excluding hydrogens is 172 g/mol. The molecule has 0 saturated heterocycles. The van der Waals surface area contributed by atoms with Crippen molar-refractivity contribution in [2.24, 2.45) is 0 Å². The van der Waals surface area contributed by atoms with Crippen LogP contribution in [0.2, 0.25) is 0 Å². The molecule has 78 valence electrons. The highest BCUT2D eigenvalue weighted by atomic mass is 16.6. The van der Waals surface area contributed by atoms with E-state index < -0.39 is 17.2 Å². The van der Waals surface area contributed by atoms with E-state index in [1.54, 1.807) is 20.8 Å². The second kappa shape index (κ2) is 4.07. The summed E-state index contributed by atoms with van der Waals surface area (Å²) < 4.78 is 9.59. The van der Waals surface area contributed by atoms with Crippen molar-refractivity contribution in [3.8, 4) is 0 Å². The monoisotopic (exact) mass is 190 g/mol. The second-order valence-corrected chi connectivity index (χ2v) is 3.42. The van der Waals surface area contributed by atoms with E-state index in [9.17, 15) is 9.90 Å². The SMILES string of the molecule is CCC(O)(C(=O)OC)C(C)(C)OC. The Morgan fingerprint density at radius 3 is 2.08 bits per heavy atom. The highest BCUT2D eigenvalue weighted by molar-refractivity contribution is 5.80. The Hall–Kier alpha value is -0.610. The van der Waals surface area contributed by atoms with Gasteiger partial charge in [0.05, 0.1) is 7.11 Å². The summed E-state index contributed by atoms with van der Waals surface area (Å²) in [7, 11) is 2.69. The fourth-order valence-corrected chi connectivity index (χ4v) is 1.15. The highest BCUT2D eigenvalue weighted by Gasteiger charge is 2.50. The van der Waals surface area contributed by atoms with Crippen LogP contribution < -0.4 is 0 Å². The molecular formula is C9H18O4. The molecule has 0 heterocycles. The standard InChI is InChI=1S/C9H18O4/c1-6-9(11,7(10)12-4)8(2,3)13-5/h11H,6H2,1-5H3. The van der Waals surface area contributed by atoms with E-state index in [0.29, 0.717) is 0 Å². The van der Waals surface area contributed by atoms with Crippen LogP contribution in [-0.4, -0.2) is 36.5 Å². The topological polar surface area (TPSA) is 55.8 Å². The van der Waals surface area contributed by atoms with E-state index in [4.69, 9.17) is 4.74 Å². The first-order valence-corrected chi connectivity index (χ1v) is 4.21. The lowest BCUT2D eigenvalue weighted by Crippen LogP contribution is -2.57. The highest BCUT2D eigenvalue weighted by Crippen LogP contribution is 2.29. The average molecular weight is 190 g/mol. The Kier molecular flexibility index (Phi) is 3.88. The van der Waals surface area contributed by atoms with Gasteiger partial charge < -0.3 is 14.6 Å². The van der Waals surface area contributed by atoms with Gasteiger partial charge in [-0.05, 0) is 20.3 Å². The Labute approximate surface area is 78.8 Å². The van der Waals surface area contributed by atoms with E-state index in [1.165, 1.54) is 14.2 Å². The molecule has 0 aromatic heterocycles. The minimum absolute atomic E-state index is 0.251. The third kappa shape index (κ3) is 2.00. The van der Waals surface area contributed by atoms with Crippen LogP contribution in [-0.2, 0) is 14.3 Å². The van der Waals surface area contributed by atoms with Crippen molar-refractivity contribution < 1.29 is 19.4 Å². The van der Waals surface area contributed by atoms with Crippen LogP contribution in [0.3, 0.4) is 0 Å². The zero-order chi connectivity index (χ0) is 10.7. The Morgan fingerprint density at radius 2 is 1.85 bits per heavy atom. The number of methoxy groups -OCH3 is 2. The average Bonchev–Trinajstić information content (AvgIpc) is 2.14. The molecule has 0 amide bonds. The number of hydrogen-bond donors (Lipinski definition) is 1. The number of aliphatic hydroxyl groups is 1. The number of rotatable bonds is 4. The molecule has 0 aromatic rings. The van der Waals surface area contributed by atoms with Crippen molar-refractivity contribution in [3.63, 3.8) is 0 Å². The minimum Gasteiger partial charge on any atom is -0.467 e. The van der Waals surface area contributed by atoms with Gasteiger partial charge in [0.25, 0.3) is 0 Å². The largest absolute Gasteiger partial charge is 0.467 e. The van der Waals surface area contributed by atoms with Crippen LogP contribution in [0.5, 0.6) is 0 Å². The number of carbonyl (C=O) groups excluding carboxylic acids is 1. The molecule has 0 aliphatic heterocycles. The van der Waals surface area contributed by atoms with Crippen molar-refractivity contribution >= 4 is 5.97 Å². The molecule has 4 nitrogen and oxygen atoms in total. The van der Waals surface area contributed by atoms with Gasteiger partial charge in [0.1, 0.15) is 5.60 Å². The molecule has 0 bridgehead atoms. The normalized spacial score (nSPS) is 16.5. The lowest BCUT2D eigenvalue weighted by atomic mass is 9.83. The van der Waals surface area contributed by atoms with Crippen LogP contribution in [0.4, 0.5) is 0 Å². The lowest BCUT2D eigenvalue weighted by molar-refractivity contribution is -0.195. The quantitative estimate of drug-likeness (QED) is 0.664. The molecule has 1 unspecified atom stereocenters. The maximum Gasteiger partial charge on any atom is 0.340 e. The number of hydrogen-bond acceptors (Lipinski definition) is 4. The molecule has 0 aromatic carbocycles. The van der Waals surface area contributed by atoms with Crippen LogP contribution >= 0.6 is 0 Å². The molecule has 0 aliphatic rings. The maximum atomic E-state index is 11.3. The van der Waals surface area contributed by atoms with Gasteiger partial charge in [-0.2, -0.15) is 0 Å². The predicted molar refractivity (Wildman–Crippen MR) is 48.3 cm³/mol.